The molecule has 0 atom stereocenters. The molecule has 8 aliphatic carbocycles. The van der Waals surface area contributed by atoms with Crippen LogP contribution < -0.4 is 9.47 Å². The van der Waals surface area contributed by atoms with Crippen molar-refractivity contribution in [1.29, 1.82) is 0 Å². The Morgan fingerprint density at radius 2 is 0.788 bits per heavy atom. The maximum absolute atomic E-state index is 13.6. The normalized spacial score (nSPS) is 32.1. The van der Waals surface area contributed by atoms with Crippen LogP contribution in [0.4, 0.5) is 0 Å². The molecule has 8 saturated carbocycles. The zero-order chi connectivity index (χ0) is 36.7. The van der Waals surface area contributed by atoms with Crippen LogP contribution in [0.1, 0.15) is 97.8 Å². The fraction of sp³-hybridized carbons (Fsp3) is 0.579. The van der Waals surface area contributed by atoms with Crippen molar-refractivity contribution in [3.63, 3.8) is 0 Å². The molecular weight excluding hydrogens is 797 g/mol. The first-order chi connectivity index (χ1) is 24.7. The van der Waals surface area contributed by atoms with Gasteiger partial charge in [0, 0.05) is 10.8 Å². The summed E-state index contributed by atoms with van der Waals surface area (Å²) in [6.07, 6.45) is 13.2. The molecule has 0 N–H and O–H groups in total. The van der Waals surface area contributed by atoms with Gasteiger partial charge >= 0.3 is 23.9 Å². The molecule has 10 rings (SSSR count). The quantitative estimate of drug-likeness (QED) is 0.112. The summed E-state index contributed by atoms with van der Waals surface area (Å²) < 4.78 is 22.3. The van der Waals surface area contributed by atoms with Crippen LogP contribution in [-0.2, 0) is 19.1 Å². The second-order valence-electron chi connectivity index (χ2n) is 16.5. The van der Waals surface area contributed by atoms with Crippen LogP contribution in [-0.4, -0.2) is 37.1 Å². The minimum atomic E-state index is -1.61. The van der Waals surface area contributed by atoms with Crippen molar-refractivity contribution >= 4 is 93.5 Å². The molecule has 0 unspecified atom stereocenters. The van der Waals surface area contributed by atoms with Crippen LogP contribution in [0, 0.1) is 46.3 Å². The van der Waals surface area contributed by atoms with E-state index in [2.05, 4.69) is 0 Å². The highest BCUT2D eigenvalue weighted by Crippen LogP contribution is 2.61. The molecule has 52 heavy (non-hydrogen) atoms. The Kier molecular flexibility index (Phi) is 9.94. The zero-order valence-corrected chi connectivity index (χ0v) is 32.6. The topological polar surface area (TPSA) is 105 Å². The third-order valence-electron chi connectivity index (χ3n) is 12.6. The van der Waals surface area contributed by atoms with E-state index in [9.17, 15) is 19.2 Å². The van der Waals surface area contributed by atoms with E-state index in [4.69, 9.17) is 88.6 Å². The minimum absolute atomic E-state index is 0.0879. The highest BCUT2D eigenvalue weighted by atomic mass is 35.5. The van der Waals surface area contributed by atoms with E-state index in [0.717, 1.165) is 38.5 Å². The number of esters is 4. The average molecular weight is 833 g/mol. The summed E-state index contributed by atoms with van der Waals surface area (Å²) in [5.41, 5.74) is -1.06. The van der Waals surface area contributed by atoms with Gasteiger partial charge in [0.2, 0.25) is 0 Å². The van der Waals surface area contributed by atoms with Crippen LogP contribution in [0.2, 0.25) is 30.1 Å². The first-order valence-corrected chi connectivity index (χ1v) is 20.1. The largest absolute Gasteiger partial charge is 0.461 e. The number of halogens is 6. The summed E-state index contributed by atoms with van der Waals surface area (Å²) in [6.45, 7) is 0.339. The summed E-state index contributed by atoms with van der Waals surface area (Å²) in [5, 5.41) is -1.27. The molecule has 0 aliphatic heterocycles. The number of hydrogen-bond donors (Lipinski definition) is 0. The van der Waals surface area contributed by atoms with Crippen LogP contribution in [0.25, 0.3) is 0 Å². The van der Waals surface area contributed by atoms with E-state index in [-0.39, 0.29) is 54.2 Å². The molecule has 8 bridgehead atoms. The van der Waals surface area contributed by atoms with Crippen molar-refractivity contribution in [2.24, 2.45) is 46.3 Å². The van der Waals surface area contributed by atoms with E-state index < -0.39 is 46.5 Å². The molecule has 8 nitrogen and oxygen atoms in total. The van der Waals surface area contributed by atoms with E-state index in [1.165, 1.54) is 50.7 Å². The van der Waals surface area contributed by atoms with Gasteiger partial charge < -0.3 is 18.9 Å². The number of hydrogen-bond acceptors (Lipinski definition) is 8. The summed E-state index contributed by atoms with van der Waals surface area (Å²) in [7, 11) is 0. The average Bonchev–Trinajstić information content (AvgIpc) is 3.06. The van der Waals surface area contributed by atoms with Crippen LogP contribution in [0.15, 0.2) is 12.1 Å². The Balaban J connectivity index is 0.984. The van der Waals surface area contributed by atoms with Gasteiger partial charge in [-0.25, -0.2) is 19.2 Å². The van der Waals surface area contributed by atoms with Gasteiger partial charge in [-0.15, -0.1) is 0 Å². The Morgan fingerprint density at radius 1 is 0.500 bits per heavy atom. The van der Waals surface area contributed by atoms with Gasteiger partial charge in [0.05, 0.1) is 43.3 Å². The number of benzene rings is 2. The maximum Gasteiger partial charge on any atom is 0.423 e. The van der Waals surface area contributed by atoms with Gasteiger partial charge in [-0.2, -0.15) is 0 Å². The summed E-state index contributed by atoms with van der Waals surface area (Å²) in [6, 6.07) is 2.34. The standard InChI is InChI=1S/C38H36Cl6O8/c39-23-7-25(41)31(27(29(23)43)33(45)49-15-37-9-17-1-18(10-37)3-19(2-17)11-37)51-35(47)36(48)52-32-26(42)8-24(40)30(44)28(32)34(46)50-16-38-12-20-4-21(13-38)6-22(5-20)14-38/h7-8,17-22H,1-6,9-16H2. The van der Waals surface area contributed by atoms with Crippen LogP contribution >= 0.6 is 69.6 Å². The smallest absolute Gasteiger partial charge is 0.423 e. The van der Waals surface area contributed by atoms with Gasteiger partial charge in [0.15, 0.2) is 11.5 Å². The van der Waals surface area contributed by atoms with Gasteiger partial charge in [0.1, 0.15) is 11.1 Å². The molecule has 0 heterocycles. The van der Waals surface area contributed by atoms with E-state index in [0.29, 0.717) is 35.5 Å². The molecule has 0 amide bonds. The number of ether oxygens (including phenoxy) is 4. The third kappa shape index (κ3) is 6.92. The molecule has 2 aromatic rings. The van der Waals surface area contributed by atoms with Crippen LogP contribution in [0.3, 0.4) is 0 Å². The molecule has 0 spiro atoms. The van der Waals surface area contributed by atoms with Crippen molar-refractivity contribution in [2.75, 3.05) is 13.2 Å². The molecular formula is C38H36Cl6O8. The molecule has 8 aliphatic rings. The lowest BCUT2D eigenvalue weighted by atomic mass is 9.50. The monoisotopic (exact) mass is 830 g/mol. The van der Waals surface area contributed by atoms with Gasteiger partial charge in [-0.3, -0.25) is 0 Å². The van der Waals surface area contributed by atoms with Crippen molar-refractivity contribution in [1.82, 2.24) is 0 Å². The number of rotatable bonds is 8. The lowest BCUT2D eigenvalue weighted by Crippen LogP contribution is -2.48. The van der Waals surface area contributed by atoms with Crippen molar-refractivity contribution < 1.29 is 38.1 Å². The zero-order valence-electron chi connectivity index (χ0n) is 28.1. The Bertz CT molecular complexity index is 1670. The highest BCUT2D eigenvalue weighted by Gasteiger charge is 2.53. The Hall–Kier alpha value is -1.94. The van der Waals surface area contributed by atoms with Crippen molar-refractivity contribution in [2.45, 2.75) is 77.0 Å². The van der Waals surface area contributed by atoms with Crippen molar-refractivity contribution in [3.8, 4) is 11.5 Å². The second-order valence-corrected chi connectivity index (χ2v) is 18.9. The van der Waals surface area contributed by atoms with E-state index in [1.54, 1.807) is 0 Å². The summed E-state index contributed by atoms with van der Waals surface area (Å²) >= 11 is 38.2. The molecule has 8 fully saturated rings. The summed E-state index contributed by atoms with van der Waals surface area (Å²) in [5.74, 6) is -2.32. The fourth-order valence-electron chi connectivity index (χ4n) is 11.5. The van der Waals surface area contributed by atoms with E-state index >= 15 is 0 Å². The number of carbonyl (C=O) groups excluding carboxylic acids is 4. The summed E-state index contributed by atoms with van der Waals surface area (Å²) in [4.78, 5) is 53.7. The highest BCUT2D eigenvalue weighted by molar-refractivity contribution is 6.47. The van der Waals surface area contributed by atoms with E-state index in [1.807, 2.05) is 0 Å². The first-order valence-electron chi connectivity index (χ1n) is 17.8. The molecule has 14 heteroatoms. The minimum Gasteiger partial charge on any atom is -0.461 e. The third-order valence-corrected chi connectivity index (χ3v) is 14.7. The van der Waals surface area contributed by atoms with Gasteiger partial charge in [-0.1, -0.05) is 69.6 Å². The second kappa shape index (κ2) is 14.0. The molecule has 2 aromatic carbocycles. The Morgan fingerprint density at radius 3 is 1.08 bits per heavy atom. The van der Waals surface area contributed by atoms with Gasteiger partial charge in [-0.05, 0) is 125 Å². The lowest BCUT2D eigenvalue weighted by molar-refractivity contribution is -0.156. The predicted molar refractivity (Wildman–Crippen MR) is 196 cm³/mol. The molecule has 278 valence electrons. The maximum atomic E-state index is 13.6. The van der Waals surface area contributed by atoms with Gasteiger partial charge in [0.25, 0.3) is 0 Å². The fourth-order valence-corrected chi connectivity index (χ4v) is 12.9. The molecule has 0 saturated heterocycles. The molecule has 0 aromatic heterocycles. The lowest BCUT2D eigenvalue weighted by Gasteiger charge is -2.56. The van der Waals surface area contributed by atoms with Crippen LogP contribution in [0.5, 0.6) is 11.5 Å². The van der Waals surface area contributed by atoms with Crippen molar-refractivity contribution in [3.05, 3.63) is 53.4 Å². The predicted octanol–water partition coefficient (Wildman–Crippen LogP) is 10.9. The first kappa shape index (κ1) is 37.0. The molecule has 0 radical (unpaired) electrons. The number of carbonyl (C=O) groups is 4. The SMILES string of the molecule is O=C(Oc1c(Cl)cc(Cl)c(Cl)c1C(=O)OCC12CC3CC(CC(C3)C1)C2)C(=O)Oc1c(Cl)cc(Cl)c(Cl)c1C(=O)OCC12CC3CC(CC(C3)C1)C2. The Labute approximate surface area is 331 Å².